The Hall–Kier alpha value is -2.61. The number of allylic oxidation sites excluding steroid dienone is 4. The molecule has 4 rings (SSSR count). The van der Waals surface area contributed by atoms with E-state index >= 15 is 0 Å². The molecule has 0 atom stereocenters. The van der Waals surface area contributed by atoms with Gasteiger partial charge in [-0.15, -0.1) is 0 Å². The molecule has 2 heteroatoms. The van der Waals surface area contributed by atoms with Gasteiger partial charge in [0.1, 0.15) is 0 Å². The Bertz CT molecular complexity index is 1150. The highest BCUT2D eigenvalue weighted by Gasteiger charge is 2.42. The quantitative estimate of drug-likeness (QED) is 0.426. The minimum atomic E-state index is -0.142. The van der Waals surface area contributed by atoms with Gasteiger partial charge in [0.25, 0.3) is 0 Å². The van der Waals surface area contributed by atoms with E-state index in [1.54, 1.807) is 0 Å². The molecule has 2 aromatic carbocycles. The molecule has 0 spiro atoms. The number of hydrogen-bond acceptors (Lipinski definition) is 2. The number of nitrogens with zero attached hydrogens (tertiary/aromatic N) is 2. The van der Waals surface area contributed by atoms with Gasteiger partial charge in [0.15, 0.2) is 0 Å². The van der Waals surface area contributed by atoms with Crippen LogP contribution < -0.4 is 4.90 Å². The first-order chi connectivity index (χ1) is 15.3. The predicted molar refractivity (Wildman–Crippen MR) is 144 cm³/mol. The van der Waals surface area contributed by atoms with Crippen LogP contribution in [0.15, 0.2) is 77.4 Å². The summed E-state index contributed by atoms with van der Waals surface area (Å²) < 4.78 is 0. The number of aliphatic imine (C=N–C) groups is 1. The average molecular weight is 441 g/mol. The molecule has 2 aliphatic rings. The normalized spacial score (nSPS) is 20.3. The lowest BCUT2D eigenvalue weighted by Gasteiger charge is -2.33. The first-order valence-electron chi connectivity index (χ1n) is 12.3. The largest absolute Gasteiger partial charge is 0.345 e. The van der Waals surface area contributed by atoms with E-state index in [0.29, 0.717) is 0 Å². The minimum Gasteiger partial charge on any atom is -0.345 e. The molecule has 0 N–H and O–H groups in total. The summed E-state index contributed by atoms with van der Waals surface area (Å²) in [4.78, 5) is 7.58. The number of rotatable bonds is 5. The number of fused-ring (bicyclic) bond motifs is 2. The summed E-state index contributed by atoms with van der Waals surface area (Å²) in [5.41, 5.74) is 7.52. The molecule has 2 aliphatic heterocycles. The van der Waals surface area contributed by atoms with Gasteiger partial charge in [0.2, 0.25) is 0 Å². The van der Waals surface area contributed by atoms with Crippen LogP contribution in [0.3, 0.4) is 0 Å². The Balaban J connectivity index is 1.67. The van der Waals surface area contributed by atoms with Gasteiger partial charge in [-0.1, -0.05) is 110 Å². The first-order valence-corrected chi connectivity index (χ1v) is 12.3. The lowest BCUT2D eigenvalue weighted by atomic mass is 9.70. The molecule has 0 bridgehead atoms. The number of anilines is 1. The molecule has 0 fully saturated rings. The summed E-state index contributed by atoms with van der Waals surface area (Å²) in [6, 6.07) is 17.4. The van der Waals surface area contributed by atoms with Crippen LogP contribution in [0, 0.1) is 10.8 Å². The molecular formula is C31H40N2. The number of hydrogen-bond donors (Lipinski definition) is 0. The summed E-state index contributed by atoms with van der Waals surface area (Å²) in [5.74, 6) is 0. The van der Waals surface area contributed by atoms with Crippen molar-refractivity contribution >= 4 is 17.1 Å². The van der Waals surface area contributed by atoms with E-state index in [9.17, 15) is 0 Å². The molecule has 0 aliphatic carbocycles. The Morgan fingerprint density at radius 3 is 2.06 bits per heavy atom. The zero-order chi connectivity index (χ0) is 24.2. The Labute approximate surface area is 201 Å². The van der Waals surface area contributed by atoms with Crippen molar-refractivity contribution in [1.29, 1.82) is 0 Å². The summed E-state index contributed by atoms with van der Waals surface area (Å²) in [7, 11) is 0. The molecule has 0 saturated carbocycles. The van der Waals surface area contributed by atoms with Crippen molar-refractivity contribution in [2.75, 3.05) is 11.4 Å². The van der Waals surface area contributed by atoms with Crippen molar-refractivity contribution < 1.29 is 0 Å². The van der Waals surface area contributed by atoms with Gasteiger partial charge in [-0.3, -0.25) is 4.99 Å². The third-order valence-corrected chi connectivity index (χ3v) is 7.57. The van der Waals surface area contributed by atoms with Crippen molar-refractivity contribution in [3.8, 4) is 0 Å². The highest BCUT2D eigenvalue weighted by molar-refractivity contribution is 6.05. The predicted octanol–water partition coefficient (Wildman–Crippen LogP) is 8.36. The lowest BCUT2D eigenvalue weighted by molar-refractivity contribution is 0.553. The van der Waals surface area contributed by atoms with Gasteiger partial charge in [-0.05, 0) is 30.2 Å². The molecule has 2 nitrogen and oxygen atoms in total. The Morgan fingerprint density at radius 1 is 0.818 bits per heavy atom. The van der Waals surface area contributed by atoms with Gasteiger partial charge in [0.05, 0.1) is 5.69 Å². The van der Waals surface area contributed by atoms with E-state index in [-0.39, 0.29) is 21.7 Å². The van der Waals surface area contributed by atoms with Crippen LogP contribution in [0.25, 0.3) is 0 Å². The fourth-order valence-electron chi connectivity index (χ4n) is 5.78. The molecule has 0 unspecified atom stereocenters. The molecule has 2 heterocycles. The van der Waals surface area contributed by atoms with Crippen LogP contribution in [-0.2, 0) is 10.8 Å². The van der Waals surface area contributed by atoms with Crippen LogP contribution in [0.1, 0.15) is 73.4 Å². The summed E-state index contributed by atoms with van der Waals surface area (Å²) in [6.45, 7) is 21.8. The first kappa shape index (κ1) is 23.5. The second kappa shape index (κ2) is 7.72. The molecule has 174 valence electrons. The highest BCUT2D eigenvalue weighted by Crippen LogP contribution is 2.49. The van der Waals surface area contributed by atoms with Crippen LogP contribution in [0.2, 0.25) is 0 Å². The van der Waals surface area contributed by atoms with Crippen LogP contribution >= 0.6 is 0 Å². The minimum absolute atomic E-state index is 0.00754. The van der Waals surface area contributed by atoms with Crippen LogP contribution in [0.5, 0.6) is 0 Å². The van der Waals surface area contributed by atoms with E-state index in [1.807, 2.05) is 0 Å². The van der Waals surface area contributed by atoms with Crippen LogP contribution in [0.4, 0.5) is 11.4 Å². The van der Waals surface area contributed by atoms with Gasteiger partial charge in [-0.2, -0.15) is 0 Å². The van der Waals surface area contributed by atoms with E-state index in [1.165, 1.54) is 28.2 Å². The second-order valence-electron chi connectivity index (χ2n) is 11.9. The van der Waals surface area contributed by atoms with E-state index in [2.05, 4.69) is 134 Å². The van der Waals surface area contributed by atoms with Crippen LogP contribution in [-0.4, -0.2) is 12.3 Å². The SMILES string of the molecule is CCN1/C(=C/C(C)(C)C=CC(C)(C)C2=Nc3ccccc3C2(C)C)C(C)(C)c2ccccc21. The number of para-hydroxylation sites is 2. The van der Waals surface area contributed by atoms with Gasteiger partial charge in [0, 0.05) is 45.3 Å². The maximum Gasteiger partial charge on any atom is 0.0671 e. The van der Waals surface area contributed by atoms with Crippen molar-refractivity contribution in [2.24, 2.45) is 15.8 Å². The lowest BCUT2D eigenvalue weighted by Crippen LogP contribution is -2.36. The van der Waals surface area contributed by atoms with Gasteiger partial charge >= 0.3 is 0 Å². The monoisotopic (exact) mass is 440 g/mol. The summed E-state index contributed by atoms with van der Waals surface area (Å²) in [6.07, 6.45) is 7.23. The molecule has 33 heavy (non-hydrogen) atoms. The van der Waals surface area contributed by atoms with Crippen molar-refractivity contribution in [1.82, 2.24) is 0 Å². The molecule has 0 saturated heterocycles. The second-order valence-corrected chi connectivity index (χ2v) is 11.9. The molecule has 0 amide bonds. The number of benzene rings is 2. The van der Waals surface area contributed by atoms with E-state index in [0.717, 1.165) is 12.2 Å². The Morgan fingerprint density at radius 2 is 1.42 bits per heavy atom. The zero-order valence-corrected chi connectivity index (χ0v) is 22.0. The van der Waals surface area contributed by atoms with Gasteiger partial charge < -0.3 is 4.90 Å². The third-order valence-electron chi connectivity index (χ3n) is 7.57. The molecule has 2 aromatic rings. The molecular weight excluding hydrogens is 400 g/mol. The maximum absolute atomic E-state index is 5.10. The third kappa shape index (κ3) is 3.88. The summed E-state index contributed by atoms with van der Waals surface area (Å²) >= 11 is 0. The maximum atomic E-state index is 5.10. The number of likely N-dealkylation sites (N-methyl/N-ethyl adjacent to an activating group) is 1. The standard InChI is InChI=1S/C31H40N2/c1-10-33-25-18-14-12-16-23(25)30(6,7)26(33)21-28(2,3)19-20-29(4,5)27-31(8,9)22-15-11-13-17-24(22)32-27/h11-21H,10H2,1-9H3/b20-19?,26-21+. The smallest absolute Gasteiger partial charge is 0.0671 e. The van der Waals surface area contributed by atoms with E-state index in [4.69, 9.17) is 4.99 Å². The molecule has 0 radical (unpaired) electrons. The fraction of sp³-hybridized carbons (Fsp3) is 0.452. The van der Waals surface area contributed by atoms with E-state index < -0.39 is 0 Å². The Kier molecular flexibility index (Phi) is 5.51. The van der Waals surface area contributed by atoms with Gasteiger partial charge in [-0.25, -0.2) is 0 Å². The van der Waals surface area contributed by atoms with Crippen molar-refractivity contribution in [3.63, 3.8) is 0 Å². The zero-order valence-electron chi connectivity index (χ0n) is 22.0. The highest BCUT2D eigenvalue weighted by atomic mass is 15.2. The topological polar surface area (TPSA) is 15.6 Å². The fourth-order valence-corrected chi connectivity index (χ4v) is 5.78. The van der Waals surface area contributed by atoms with Crippen molar-refractivity contribution in [3.05, 3.63) is 83.6 Å². The molecule has 0 aromatic heterocycles. The van der Waals surface area contributed by atoms with Crippen molar-refractivity contribution in [2.45, 2.75) is 73.1 Å². The average Bonchev–Trinajstić information content (AvgIpc) is 3.15. The summed E-state index contributed by atoms with van der Waals surface area (Å²) in [5, 5.41) is 0.